The van der Waals surface area contributed by atoms with Crippen LogP contribution in [-0.2, 0) is 20.9 Å². The van der Waals surface area contributed by atoms with E-state index in [-0.39, 0.29) is 31.3 Å². The van der Waals surface area contributed by atoms with Crippen LogP contribution >= 0.6 is 27.5 Å². The molecule has 7 heteroatoms. The largest absolute Gasteiger partial charge is 0.457 e. The maximum Gasteiger partial charge on any atom is 0.311 e. The van der Waals surface area contributed by atoms with Crippen LogP contribution in [0.4, 0.5) is 0 Å². The first-order chi connectivity index (χ1) is 12.9. The fourth-order valence-corrected chi connectivity index (χ4v) is 3.35. The van der Waals surface area contributed by atoms with E-state index in [1.165, 1.54) is 0 Å². The van der Waals surface area contributed by atoms with E-state index >= 15 is 0 Å². The molecule has 1 atom stereocenters. The summed E-state index contributed by atoms with van der Waals surface area (Å²) in [5.74, 6) is -1.52. The number of carbonyl (C=O) groups excluding carboxylic acids is 3. The Kier molecular flexibility index (Phi) is 6.29. The number of amides is 1. The van der Waals surface area contributed by atoms with E-state index in [1.54, 1.807) is 35.2 Å². The van der Waals surface area contributed by atoms with Gasteiger partial charge < -0.3 is 9.64 Å². The molecule has 3 rings (SSSR count). The maximum absolute atomic E-state index is 12.3. The lowest BCUT2D eigenvalue weighted by molar-refractivity contribution is -0.147. The molecule has 1 aliphatic rings. The first-order valence-corrected chi connectivity index (χ1v) is 9.57. The van der Waals surface area contributed by atoms with Gasteiger partial charge in [0, 0.05) is 34.6 Å². The Hall–Kier alpha value is -2.18. The van der Waals surface area contributed by atoms with Gasteiger partial charge in [0.25, 0.3) is 0 Å². The predicted octanol–water partition coefficient (Wildman–Crippen LogP) is 3.88. The lowest BCUT2D eigenvalue weighted by Crippen LogP contribution is -2.27. The number of ketones is 1. The van der Waals surface area contributed by atoms with Crippen molar-refractivity contribution in [3.05, 3.63) is 69.2 Å². The van der Waals surface area contributed by atoms with Gasteiger partial charge in [-0.15, -0.1) is 0 Å². The molecule has 0 unspecified atom stereocenters. The molecule has 0 aromatic heterocycles. The van der Waals surface area contributed by atoms with Crippen LogP contribution in [0.3, 0.4) is 0 Å². The standard InChI is InChI=1S/C20H17BrClNO4/c21-16-7-5-13(6-8-16)18(24)12-27-20(26)15-9-19(25)23(11-15)10-14-3-1-2-4-17(14)22/h1-8,15H,9-12H2/t15-/m0/s1. The number of halogens is 2. The summed E-state index contributed by atoms with van der Waals surface area (Å²) in [6.45, 7) is 0.269. The molecule has 2 aromatic carbocycles. The lowest BCUT2D eigenvalue weighted by atomic mass is 10.1. The Morgan fingerprint density at radius 1 is 1.15 bits per heavy atom. The molecular formula is C20H17BrClNO4. The van der Waals surface area contributed by atoms with Crippen molar-refractivity contribution >= 4 is 45.2 Å². The number of rotatable bonds is 6. The molecule has 0 radical (unpaired) electrons. The van der Waals surface area contributed by atoms with Crippen LogP contribution in [0.1, 0.15) is 22.3 Å². The van der Waals surface area contributed by atoms with E-state index in [2.05, 4.69) is 15.9 Å². The van der Waals surface area contributed by atoms with Crippen molar-refractivity contribution in [1.82, 2.24) is 4.90 Å². The average Bonchev–Trinajstić information content (AvgIpc) is 3.02. The molecule has 1 aliphatic heterocycles. The second-order valence-electron chi connectivity index (χ2n) is 6.30. The van der Waals surface area contributed by atoms with Crippen LogP contribution in [0, 0.1) is 5.92 Å². The van der Waals surface area contributed by atoms with E-state index in [9.17, 15) is 14.4 Å². The highest BCUT2D eigenvalue weighted by Crippen LogP contribution is 2.24. The molecule has 140 valence electrons. The minimum Gasteiger partial charge on any atom is -0.457 e. The Morgan fingerprint density at radius 2 is 1.85 bits per heavy atom. The van der Waals surface area contributed by atoms with E-state index < -0.39 is 11.9 Å². The zero-order chi connectivity index (χ0) is 19.4. The van der Waals surface area contributed by atoms with Gasteiger partial charge in [0.2, 0.25) is 5.91 Å². The minimum absolute atomic E-state index is 0.0791. The number of Topliss-reactive ketones (excluding diaryl/α,β-unsaturated/α-hetero) is 1. The molecule has 1 fully saturated rings. The highest BCUT2D eigenvalue weighted by molar-refractivity contribution is 9.10. The molecule has 1 amide bonds. The van der Waals surface area contributed by atoms with Gasteiger partial charge in [-0.05, 0) is 23.8 Å². The van der Waals surface area contributed by atoms with Crippen LogP contribution in [0.25, 0.3) is 0 Å². The molecule has 2 aromatic rings. The van der Waals surface area contributed by atoms with Crippen molar-refractivity contribution in [2.75, 3.05) is 13.2 Å². The monoisotopic (exact) mass is 449 g/mol. The van der Waals surface area contributed by atoms with E-state index in [1.807, 2.05) is 18.2 Å². The molecule has 0 aliphatic carbocycles. The van der Waals surface area contributed by atoms with Gasteiger partial charge in [0.15, 0.2) is 12.4 Å². The van der Waals surface area contributed by atoms with E-state index in [4.69, 9.17) is 16.3 Å². The quantitative estimate of drug-likeness (QED) is 0.495. The van der Waals surface area contributed by atoms with Crippen molar-refractivity contribution < 1.29 is 19.1 Å². The zero-order valence-corrected chi connectivity index (χ0v) is 16.7. The Balaban J connectivity index is 1.53. The lowest BCUT2D eigenvalue weighted by Gasteiger charge is -2.17. The number of hydrogen-bond donors (Lipinski definition) is 0. The molecule has 1 saturated heterocycles. The zero-order valence-electron chi connectivity index (χ0n) is 14.4. The van der Waals surface area contributed by atoms with Crippen molar-refractivity contribution in [2.45, 2.75) is 13.0 Å². The maximum atomic E-state index is 12.3. The highest BCUT2D eigenvalue weighted by atomic mass is 79.9. The van der Waals surface area contributed by atoms with Gasteiger partial charge in [0.1, 0.15) is 0 Å². The molecule has 0 spiro atoms. The topological polar surface area (TPSA) is 63.7 Å². The van der Waals surface area contributed by atoms with Gasteiger partial charge in [-0.1, -0.05) is 57.9 Å². The number of hydrogen-bond acceptors (Lipinski definition) is 4. The third kappa shape index (κ3) is 4.96. The van der Waals surface area contributed by atoms with Crippen molar-refractivity contribution in [1.29, 1.82) is 0 Å². The van der Waals surface area contributed by atoms with Crippen molar-refractivity contribution in [2.24, 2.45) is 5.92 Å². The average molecular weight is 451 g/mol. The molecule has 0 bridgehead atoms. The molecule has 1 heterocycles. The number of ether oxygens (including phenoxy) is 1. The van der Waals surface area contributed by atoms with Crippen LogP contribution in [0.2, 0.25) is 5.02 Å². The third-order valence-corrected chi connectivity index (χ3v) is 5.28. The Morgan fingerprint density at radius 3 is 2.56 bits per heavy atom. The summed E-state index contributed by atoms with van der Waals surface area (Å²) >= 11 is 9.43. The second kappa shape index (κ2) is 8.67. The van der Waals surface area contributed by atoms with Crippen LogP contribution in [0.15, 0.2) is 53.0 Å². The van der Waals surface area contributed by atoms with E-state index in [0.717, 1.165) is 10.0 Å². The van der Waals surface area contributed by atoms with Gasteiger partial charge in [-0.2, -0.15) is 0 Å². The highest BCUT2D eigenvalue weighted by Gasteiger charge is 2.35. The fourth-order valence-electron chi connectivity index (χ4n) is 2.89. The number of esters is 1. The summed E-state index contributed by atoms with van der Waals surface area (Å²) in [4.78, 5) is 38.1. The molecule has 27 heavy (non-hydrogen) atoms. The second-order valence-corrected chi connectivity index (χ2v) is 7.63. The summed E-state index contributed by atoms with van der Waals surface area (Å²) in [6.07, 6.45) is 0.0791. The molecular weight excluding hydrogens is 434 g/mol. The summed E-state index contributed by atoms with van der Waals surface area (Å²) in [6, 6.07) is 14.1. The number of benzene rings is 2. The SMILES string of the molecule is O=C(COC(=O)[C@H]1CC(=O)N(Cc2ccccc2Cl)C1)c1ccc(Br)cc1. The summed E-state index contributed by atoms with van der Waals surface area (Å²) in [7, 11) is 0. The van der Waals surface area contributed by atoms with Gasteiger partial charge in [0.05, 0.1) is 5.92 Å². The minimum atomic E-state index is -0.572. The summed E-state index contributed by atoms with van der Waals surface area (Å²) in [5.41, 5.74) is 1.29. The van der Waals surface area contributed by atoms with Crippen LogP contribution < -0.4 is 0 Å². The van der Waals surface area contributed by atoms with E-state index in [0.29, 0.717) is 17.1 Å². The van der Waals surface area contributed by atoms with Crippen LogP contribution in [-0.4, -0.2) is 35.7 Å². The predicted molar refractivity (Wildman–Crippen MR) is 104 cm³/mol. The Labute approximate surface area is 170 Å². The molecule has 5 nitrogen and oxygen atoms in total. The van der Waals surface area contributed by atoms with Gasteiger partial charge >= 0.3 is 5.97 Å². The van der Waals surface area contributed by atoms with Crippen molar-refractivity contribution in [3.63, 3.8) is 0 Å². The smallest absolute Gasteiger partial charge is 0.311 e. The third-order valence-electron chi connectivity index (χ3n) is 4.38. The van der Waals surface area contributed by atoms with Crippen LogP contribution in [0.5, 0.6) is 0 Å². The number of carbonyl (C=O) groups is 3. The number of nitrogens with zero attached hydrogens (tertiary/aromatic N) is 1. The molecule has 0 saturated carbocycles. The molecule has 0 N–H and O–H groups in total. The first kappa shape index (κ1) is 19.6. The fraction of sp³-hybridized carbons (Fsp3) is 0.250. The summed E-state index contributed by atoms with van der Waals surface area (Å²) < 4.78 is 6.00. The van der Waals surface area contributed by atoms with Gasteiger partial charge in [-0.3, -0.25) is 14.4 Å². The number of likely N-dealkylation sites (tertiary alicyclic amines) is 1. The first-order valence-electron chi connectivity index (χ1n) is 8.40. The van der Waals surface area contributed by atoms with Gasteiger partial charge in [-0.25, -0.2) is 0 Å². The normalized spacial score (nSPS) is 16.4. The Bertz CT molecular complexity index is 869. The summed E-state index contributed by atoms with van der Waals surface area (Å²) in [5, 5.41) is 0.580. The van der Waals surface area contributed by atoms with Crippen molar-refractivity contribution in [3.8, 4) is 0 Å².